The molecule has 0 amide bonds. The summed E-state index contributed by atoms with van der Waals surface area (Å²) in [5, 5.41) is 10.2. The van der Waals surface area contributed by atoms with Crippen LogP contribution < -0.4 is 8.96 Å². The minimum atomic E-state index is -2.00. The first-order valence-corrected chi connectivity index (χ1v) is 31.8. The van der Waals surface area contributed by atoms with Gasteiger partial charge in [-0.1, -0.05) is 68.6 Å². The molecule has 73 heavy (non-hydrogen) atoms. The number of nitrogens with zero attached hydrogens (tertiary/aromatic N) is 5. The summed E-state index contributed by atoms with van der Waals surface area (Å²) in [6, 6.07) is 48.3. The summed E-state index contributed by atoms with van der Waals surface area (Å²) in [7, 11) is 4.10. The number of rotatable bonds is 8. The van der Waals surface area contributed by atoms with E-state index in [1.54, 1.807) is 30.3 Å². The summed E-state index contributed by atoms with van der Waals surface area (Å²) in [4.78, 5) is 9.41. The summed E-state index contributed by atoms with van der Waals surface area (Å²) in [6.45, 7) is 19.4. The first-order valence-electron chi connectivity index (χ1n) is 24.4. The van der Waals surface area contributed by atoms with Crippen LogP contribution in [0.5, 0.6) is 0 Å². The van der Waals surface area contributed by atoms with Gasteiger partial charge >= 0.3 is 221 Å². The number of pyridine rings is 2. The molecule has 0 spiro atoms. The first kappa shape index (κ1) is 52.5. The van der Waals surface area contributed by atoms with Crippen LogP contribution in [0.1, 0.15) is 88.2 Å². The van der Waals surface area contributed by atoms with Crippen LogP contribution in [0.2, 0.25) is 17.3 Å². The monoisotopic (exact) mass is 1210 g/mol. The summed E-state index contributed by atoms with van der Waals surface area (Å²) in [6.07, 6.45) is 2.10. The van der Waals surface area contributed by atoms with Crippen molar-refractivity contribution >= 4 is 50.6 Å². The summed E-state index contributed by atoms with van der Waals surface area (Å²) in [5.41, 5.74) is 13.0. The van der Waals surface area contributed by atoms with E-state index in [0.29, 0.717) is 27.9 Å². The third-order valence-corrected chi connectivity index (χ3v) is 17.7. The second-order valence-corrected chi connectivity index (χ2v) is 31.9. The molecule has 368 valence electrons. The number of benzene rings is 6. The van der Waals surface area contributed by atoms with Crippen LogP contribution in [0.3, 0.4) is 0 Å². The Kier molecular flexibility index (Phi) is 14.8. The van der Waals surface area contributed by atoms with Crippen LogP contribution in [0, 0.1) is 43.0 Å². The van der Waals surface area contributed by atoms with Gasteiger partial charge in [0.2, 0.25) is 0 Å². The fraction of sp³-hybridized carbons (Fsp3) is 0.206. The summed E-state index contributed by atoms with van der Waals surface area (Å²) < 4.78 is 44.1. The topological polar surface area (TPSA) is 71.5 Å². The Morgan fingerprint density at radius 1 is 0.740 bits per heavy atom. The number of furan rings is 1. The van der Waals surface area contributed by atoms with E-state index in [1.807, 2.05) is 53.1 Å². The number of nitriles is 1. The smallest absolute Gasteiger partial charge is 0.343 e. The number of hydrogen-bond acceptors (Lipinski definition) is 4. The molecule has 0 aliphatic rings. The SMILES string of the molecule is CC(C)c1cc(-c2cc[c]([Ge]([CH3])([CH3])[CH3])cc2)cc(C(C)C)c1-n1c(-c2[c-]c(F)cc3c2oc2c(F)c(-c4cccc(C#N)n4)ccc23)nc2ccccc21.[CH2-]c1ccccc1-c1ccc(C(C)(C)C)c[n+]1[CH2-].[Ir+3]. The van der Waals surface area contributed by atoms with Crippen molar-refractivity contribution < 1.29 is 37.9 Å². The normalized spacial score (nSPS) is 11.8. The van der Waals surface area contributed by atoms with E-state index in [9.17, 15) is 5.26 Å². The molecule has 0 unspecified atom stereocenters. The number of aromatic nitrogens is 4. The Morgan fingerprint density at radius 2 is 1.41 bits per heavy atom. The molecule has 10 heteroatoms. The van der Waals surface area contributed by atoms with Gasteiger partial charge in [0.05, 0.1) is 17.6 Å². The molecule has 0 bridgehead atoms. The Labute approximate surface area is 444 Å². The van der Waals surface area contributed by atoms with Crippen molar-refractivity contribution in [3.8, 4) is 56.8 Å². The molecule has 4 heterocycles. The van der Waals surface area contributed by atoms with Crippen molar-refractivity contribution in [3.63, 3.8) is 0 Å². The van der Waals surface area contributed by atoms with Gasteiger partial charge < -0.3 is 8.98 Å². The van der Waals surface area contributed by atoms with E-state index >= 15 is 8.78 Å². The van der Waals surface area contributed by atoms with Crippen molar-refractivity contribution in [3.05, 3.63) is 199 Å². The third kappa shape index (κ3) is 10.3. The zero-order valence-electron chi connectivity index (χ0n) is 43.1. The predicted octanol–water partition coefficient (Wildman–Crippen LogP) is 15.8. The zero-order chi connectivity index (χ0) is 51.4. The molecule has 6 aromatic carbocycles. The fourth-order valence-corrected chi connectivity index (χ4v) is 11.8. The molecule has 10 rings (SSSR count). The van der Waals surface area contributed by atoms with E-state index < -0.39 is 24.9 Å². The van der Waals surface area contributed by atoms with E-state index in [0.717, 1.165) is 55.8 Å². The van der Waals surface area contributed by atoms with Gasteiger partial charge in [0.1, 0.15) is 11.8 Å². The van der Waals surface area contributed by atoms with Crippen molar-refractivity contribution in [2.45, 2.75) is 83.0 Å². The van der Waals surface area contributed by atoms with Crippen LogP contribution >= 0.6 is 0 Å². The second-order valence-electron chi connectivity index (χ2n) is 21.2. The average molecular weight is 1210 g/mol. The van der Waals surface area contributed by atoms with Crippen LogP contribution in [-0.4, -0.2) is 27.8 Å². The van der Waals surface area contributed by atoms with Gasteiger partial charge in [-0.3, -0.25) is 0 Å². The molecule has 0 atom stereocenters. The minimum Gasteiger partial charge on any atom is -0.343 e. The molecule has 4 aromatic heterocycles. The fourth-order valence-electron chi connectivity index (χ4n) is 9.39. The largest absolute Gasteiger partial charge is 3.00 e. The maximum Gasteiger partial charge on any atom is 3.00 e. The number of hydrogen-bond donors (Lipinski definition) is 0. The van der Waals surface area contributed by atoms with E-state index in [-0.39, 0.29) is 59.8 Å². The van der Waals surface area contributed by atoms with Gasteiger partial charge in [0.25, 0.3) is 0 Å². The number of imidazole rings is 1. The summed E-state index contributed by atoms with van der Waals surface area (Å²) in [5.74, 6) is 6.65. The molecular weight excluding hydrogens is 1150 g/mol. The third-order valence-electron chi connectivity index (χ3n) is 13.4. The Hall–Kier alpha value is -6.83. The van der Waals surface area contributed by atoms with Crippen LogP contribution in [0.25, 0.3) is 83.7 Å². The number of fused-ring (bicyclic) bond motifs is 4. The van der Waals surface area contributed by atoms with Gasteiger partial charge in [0, 0.05) is 23.8 Å². The molecule has 6 nitrogen and oxygen atoms in total. The number of halogens is 2. The second kappa shape index (κ2) is 20.6. The Bertz CT molecular complexity index is 3710. The van der Waals surface area contributed by atoms with Crippen LogP contribution in [0.4, 0.5) is 8.78 Å². The maximum atomic E-state index is 16.4. The van der Waals surface area contributed by atoms with Crippen molar-refractivity contribution in [2.24, 2.45) is 0 Å². The molecule has 0 fully saturated rings. The molecule has 0 aliphatic carbocycles. The maximum absolute atomic E-state index is 16.4. The standard InChI is InChI=1S/C46H39F2GeN4O.C17H20N.Ir/c1-26(2)35-21-29(28-15-17-31(18-16-28)49(5,6)7)22-36(27(3)4)43(35)53-41-14-9-8-12-40(41)52-46(53)38-24-30(47)23-37-33-19-20-34(42(48)45(33)54-44(37)38)39-13-10-11-32(25-50)51-39;1-13-8-6-7-9-15(13)16-11-10-14(12-18(16)5)17(2,3)4;/h8-23,26-27H,1-7H3;6-12H,1,5H2,2-4H3;/q2*-1;+3. The van der Waals surface area contributed by atoms with Crippen molar-refractivity contribution in [2.75, 3.05) is 0 Å². The molecule has 10 aromatic rings. The predicted molar refractivity (Wildman–Crippen MR) is 293 cm³/mol. The van der Waals surface area contributed by atoms with Gasteiger partial charge in [-0.15, -0.1) is 17.7 Å². The Balaban J connectivity index is 0.000000316. The number of para-hydroxylation sites is 2. The molecule has 0 N–H and O–H groups in total. The van der Waals surface area contributed by atoms with Crippen LogP contribution in [0.15, 0.2) is 144 Å². The quantitative estimate of drug-likeness (QED) is 0.0863. The van der Waals surface area contributed by atoms with E-state index in [1.165, 1.54) is 16.0 Å². The molecule has 0 saturated carbocycles. The van der Waals surface area contributed by atoms with Gasteiger partial charge in [-0.2, -0.15) is 23.8 Å². The molecule has 0 aliphatic heterocycles. The average Bonchev–Trinajstić information content (AvgIpc) is 3.92. The Morgan fingerprint density at radius 3 is 2.04 bits per heavy atom. The summed E-state index contributed by atoms with van der Waals surface area (Å²) >= 11 is -2.00. The minimum absolute atomic E-state index is 0. The van der Waals surface area contributed by atoms with Gasteiger partial charge in [-0.25, -0.2) is 13.8 Å². The van der Waals surface area contributed by atoms with Crippen molar-refractivity contribution in [1.82, 2.24) is 14.5 Å². The first-order chi connectivity index (χ1) is 34.2. The molecule has 0 radical (unpaired) electrons. The molecule has 0 saturated heterocycles. The van der Waals surface area contributed by atoms with Gasteiger partial charge in [-0.05, 0) is 29.2 Å². The van der Waals surface area contributed by atoms with Crippen LogP contribution in [-0.2, 0) is 25.5 Å². The zero-order valence-corrected chi connectivity index (χ0v) is 47.6. The van der Waals surface area contributed by atoms with Crippen molar-refractivity contribution in [1.29, 1.82) is 5.26 Å². The van der Waals surface area contributed by atoms with E-state index in [2.05, 4.69) is 156 Å². The van der Waals surface area contributed by atoms with Gasteiger partial charge in [0.15, 0.2) is 11.4 Å². The molecular formula is C63H59F2GeIrN5O+. The van der Waals surface area contributed by atoms with E-state index in [4.69, 9.17) is 9.40 Å².